The Balaban J connectivity index is 1.04. The van der Waals surface area contributed by atoms with Crippen LogP contribution in [0, 0.1) is 11.8 Å². The minimum absolute atomic E-state index is 0.00118. The number of thiophene rings is 2. The summed E-state index contributed by atoms with van der Waals surface area (Å²) in [4.78, 5) is 5.22. The van der Waals surface area contributed by atoms with E-state index in [0.29, 0.717) is 11.8 Å². The van der Waals surface area contributed by atoms with Gasteiger partial charge >= 0.3 is 0 Å². The molecule has 1 aliphatic carbocycles. The van der Waals surface area contributed by atoms with Crippen LogP contribution in [0.15, 0.2) is 132 Å². The first-order chi connectivity index (χ1) is 30.6. The van der Waals surface area contributed by atoms with E-state index in [4.69, 9.17) is 9.47 Å². The van der Waals surface area contributed by atoms with Gasteiger partial charge in [-0.1, -0.05) is 88.1 Å². The molecule has 6 aromatic rings. The number of ether oxygens (including phenoxy) is 2. The van der Waals surface area contributed by atoms with Gasteiger partial charge in [0.15, 0.2) is 0 Å². The van der Waals surface area contributed by atoms with E-state index in [1.54, 1.807) is 0 Å². The first-order valence-corrected chi connectivity index (χ1v) is 25.4. The minimum atomic E-state index is -0.00118. The maximum Gasteiger partial charge on any atom is 0.119 e. The lowest BCUT2D eigenvalue weighted by Gasteiger charge is -2.32. The fraction of sp³-hybridized carbons (Fsp3) is 0.390. The summed E-state index contributed by atoms with van der Waals surface area (Å²) < 4.78 is 12.3. The summed E-state index contributed by atoms with van der Waals surface area (Å²) in [5, 5.41) is 0. The van der Waals surface area contributed by atoms with Crippen molar-refractivity contribution in [2.75, 3.05) is 13.2 Å². The van der Waals surface area contributed by atoms with E-state index < -0.39 is 0 Å². The van der Waals surface area contributed by atoms with Gasteiger partial charge in [0.1, 0.15) is 11.5 Å². The molecule has 0 saturated heterocycles. The summed E-state index contributed by atoms with van der Waals surface area (Å²) in [5.74, 6) is 3.22. The molecule has 7 rings (SSSR count). The van der Waals surface area contributed by atoms with Crippen LogP contribution in [0.1, 0.15) is 131 Å². The summed E-state index contributed by atoms with van der Waals surface area (Å²) in [7, 11) is 0. The van der Waals surface area contributed by atoms with Crippen LogP contribution >= 0.6 is 22.7 Å². The normalized spacial score (nSPS) is 13.5. The zero-order chi connectivity index (χ0) is 44.3. The fourth-order valence-electron chi connectivity index (χ4n) is 9.40. The zero-order valence-electron chi connectivity index (χ0n) is 39.3. The number of benzene rings is 4. The van der Waals surface area contributed by atoms with Crippen LogP contribution in [0.5, 0.6) is 11.5 Å². The average Bonchev–Trinajstić information content (AvgIpc) is 4.03. The number of hydrogen-bond acceptors (Lipinski definition) is 4. The lowest BCUT2D eigenvalue weighted by atomic mass is 9.71. The third kappa shape index (κ3) is 11.6. The molecule has 0 saturated carbocycles. The molecule has 0 amide bonds. The van der Waals surface area contributed by atoms with Crippen molar-refractivity contribution in [3.63, 3.8) is 0 Å². The summed E-state index contributed by atoms with van der Waals surface area (Å²) >= 11 is 3.78. The molecule has 0 fully saturated rings. The van der Waals surface area contributed by atoms with Crippen LogP contribution in [-0.4, -0.2) is 13.2 Å². The van der Waals surface area contributed by atoms with E-state index in [-0.39, 0.29) is 5.41 Å². The van der Waals surface area contributed by atoms with Crippen LogP contribution in [0.25, 0.3) is 52.9 Å². The van der Waals surface area contributed by atoms with Gasteiger partial charge in [-0.2, -0.15) is 0 Å². The molecular weight excluding hydrogens is 805 g/mol. The first-order valence-electron chi connectivity index (χ1n) is 23.8. The van der Waals surface area contributed by atoms with Crippen molar-refractivity contribution >= 4 is 22.7 Å². The Labute approximate surface area is 388 Å². The molecule has 0 aliphatic heterocycles. The van der Waals surface area contributed by atoms with E-state index in [0.717, 1.165) is 76.1 Å². The largest absolute Gasteiger partial charge is 0.494 e. The number of fused-ring (bicyclic) bond motifs is 3. The van der Waals surface area contributed by atoms with Crippen LogP contribution in [-0.2, 0) is 5.41 Å². The van der Waals surface area contributed by atoms with Crippen LogP contribution in [0.4, 0.5) is 0 Å². The molecule has 2 heterocycles. The molecule has 2 aromatic heterocycles. The van der Waals surface area contributed by atoms with Crippen LogP contribution < -0.4 is 9.47 Å². The summed E-state index contributed by atoms with van der Waals surface area (Å²) in [6.07, 6.45) is 16.2. The first kappa shape index (κ1) is 46.4. The van der Waals surface area contributed by atoms with Crippen molar-refractivity contribution in [3.8, 4) is 64.4 Å². The lowest BCUT2D eigenvalue weighted by molar-refractivity contribution is 0.279. The Morgan fingerprint density at radius 3 is 1.22 bits per heavy atom. The second-order valence-electron chi connectivity index (χ2n) is 18.7. The predicted octanol–water partition coefficient (Wildman–Crippen LogP) is 18.6. The zero-order valence-corrected chi connectivity index (χ0v) is 41.0. The van der Waals surface area contributed by atoms with Crippen molar-refractivity contribution in [2.45, 2.75) is 125 Å². The predicted molar refractivity (Wildman–Crippen MR) is 276 cm³/mol. The van der Waals surface area contributed by atoms with Gasteiger partial charge in [-0.15, -0.1) is 22.7 Å². The Kier molecular flexibility index (Phi) is 16.1. The van der Waals surface area contributed by atoms with E-state index in [1.165, 1.54) is 88.0 Å². The summed E-state index contributed by atoms with van der Waals surface area (Å²) in [6, 6.07) is 41.2. The van der Waals surface area contributed by atoms with Gasteiger partial charge in [0.2, 0.25) is 0 Å². The van der Waals surface area contributed by atoms with Gasteiger partial charge in [-0.25, -0.2) is 0 Å². The van der Waals surface area contributed by atoms with E-state index >= 15 is 0 Å². The Morgan fingerprint density at radius 2 is 0.857 bits per heavy atom. The molecule has 1 aliphatic rings. The maximum atomic E-state index is 6.16. The second kappa shape index (κ2) is 21.8. The number of rotatable bonds is 22. The maximum absolute atomic E-state index is 6.16. The minimum Gasteiger partial charge on any atom is -0.494 e. The standard InChI is InChI=1S/C59H70O2S2/c1-9-35-59(36-10-2)53-39-47(57-31-29-55(62-57)45-17-23-49(24-18-45)60-37-33-43(7)15-11-13-41(3)4)21-27-51(53)52-28-22-48(40-54(52)59)58-32-30-56(63-58)46-19-25-50(26-20-46)61-38-34-44(8)16-12-14-42(5)6/h13-14,17-32,39-40,43-44H,9-12,15-16,33-38H2,1-8H3/t43-,44?/m0/s1. The van der Waals surface area contributed by atoms with Gasteiger partial charge in [-0.05, 0) is 220 Å². The Bertz CT molecular complexity index is 2280. The summed E-state index contributed by atoms with van der Waals surface area (Å²) in [5.41, 5.74) is 13.7. The monoisotopic (exact) mass is 874 g/mol. The smallest absolute Gasteiger partial charge is 0.119 e. The topological polar surface area (TPSA) is 18.5 Å². The second-order valence-corrected chi connectivity index (χ2v) is 20.8. The molecule has 2 atom stereocenters. The fourth-order valence-corrected chi connectivity index (χ4v) is 11.4. The molecule has 0 bridgehead atoms. The highest BCUT2D eigenvalue weighted by atomic mass is 32.1. The highest BCUT2D eigenvalue weighted by molar-refractivity contribution is 7.19. The molecule has 0 N–H and O–H groups in total. The van der Waals surface area contributed by atoms with E-state index in [2.05, 4.69) is 177 Å². The molecule has 63 heavy (non-hydrogen) atoms. The molecule has 4 aromatic carbocycles. The van der Waals surface area contributed by atoms with Crippen molar-refractivity contribution < 1.29 is 9.47 Å². The van der Waals surface area contributed by atoms with Gasteiger partial charge in [0.05, 0.1) is 13.2 Å². The van der Waals surface area contributed by atoms with Crippen molar-refractivity contribution in [1.29, 1.82) is 0 Å². The van der Waals surface area contributed by atoms with Crippen LogP contribution in [0.3, 0.4) is 0 Å². The Morgan fingerprint density at radius 1 is 0.492 bits per heavy atom. The quantitative estimate of drug-likeness (QED) is 0.0633. The third-order valence-corrected chi connectivity index (χ3v) is 15.3. The third-order valence-electron chi connectivity index (χ3n) is 13.0. The van der Waals surface area contributed by atoms with Crippen molar-refractivity contribution in [3.05, 3.63) is 144 Å². The molecule has 0 radical (unpaired) electrons. The molecular formula is C59H70O2S2. The van der Waals surface area contributed by atoms with Gasteiger partial charge in [0, 0.05) is 24.9 Å². The molecule has 1 unspecified atom stereocenters. The van der Waals surface area contributed by atoms with Gasteiger partial charge in [-0.3, -0.25) is 0 Å². The molecule has 330 valence electrons. The van der Waals surface area contributed by atoms with Crippen molar-refractivity contribution in [1.82, 2.24) is 0 Å². The molecule has 4 heteroatoms. The highest BCUT2D eigenvalue weighted by Gasteiger charge is 2.42. The lowest BCUT2D eigenvalue weighted by Crippen LogP contribution is -2.25. The number of allylic oxidation sites excluding steroid dienone is 4. The SMILES string of the molecule is CCCC1(CCC)c2cc(-c3ccc(-c4ccc(OCCC(C)CCC=C(C)C)cc4)s3)ccc2-c2ccc(-c3ccc(-c4ccc(OCC[C@@H](C)CCC=C(C)C)cc4)s3)cc21. The Hall–Kier alpha value is -4.64. The molecule has 0 spiro atoms. The van der Waals surface area contributed by atoms with Crippen LogP contribution in [0.2, 0.25) is 0 Å². The average molecular weight is 875 g/mol. The summed E-state index contributed by atoms with van der Waals surface area (Å²) in [6.45, 7) is 19.6. The van der Waals surface area contributed by atoms with Gasteiger partial charge in [0.25, 0.3) is 0 Å². The van der Waals surface area contributed by atoms with Gasteiger partial charge < -0.3 is 9.47 Å². The van der Waals surface area contributed by atoms with Crippen molar-refractivity contribution in [2.24, 2.45) is 11.8 Å². The molecule has 2 nitrogen and oxygen atoms in total. The highest BCUT2D eigenvalue weighted by Crippen LogP contribution is 2.56. The van der Waals surface area contributed by atoms with E-state index in [9.17, 15) is 0 Å². The van der Waals surface area contributed by atoms with E-state index in [1.807, 2.05) is 22.7 Å². The number of hydrogen-bond donors (Lipinski definition) is 0.